The molecular weight excluding hydrogens is 301 g/mol. The summed E-state index contributed by atoms with van der Waals surface area (Å²) >= 11 is 11.8. The highest BCUT2D eigenvalue weighted by molar-refractivity contribution is 6.42. The molecular formula is C14H17Cl2NO3. The zero-order valence-corrected chi connectivity index (χ0v) is 13.1. The Balaban J connectivity index is 2.59. The van der Waals surface area contributed by atoms with E-state index in [2.05, 4.69) is 5.32 Å². The van der Waals surface area contributed by atoms with Crippen molar-refractivity contribution < 1.29 is 14.3 Å². The molecule has 1 unspecified atom stereocenters. The Hall–Kier alpha value is -1.26. The van der Waals surface area contributed by atoms with E-state index >= 15 is 0 Å². The Labute approximate surface area is 128 Å². The smallest absolute Gasteiger partial charge is 0.258 e. The second-order valence-electron chi connectivity index (χ2n) is 4.74. The van der Waals surface area contributed by atoms with Gasteiger partial charge in [0.15, 0.2) is 12.4 Å². The van der Waals surface area contributed by atoms with Crippen molar-refractivity contribution in [2.24, 2.45) is 5.92 Å². The number of halogens is 2. The molecule has 1 N–H and O–H groups in total. The average Bonchev–Trinajstić information content (AvgIpc) is 2.37. The van der Waals surface area contributed by atoms with Gasteiger partial charge in [-0.25, -0.2) is 0 Å². The number of ketones is 1. The lowest BCUT2D eigenvalue weighted by molar-refractivity contribution is -0.129. The van der Waals surface area contributed by atoms with Gasteiger partial charge in [-0.3, -0.25) is 9.59 Å². The predicted octanol–water partition coefficient (Wildman–Crippen LogP) is 3.10. The second kappa shape index (κ2) is 7.50. The summed E-state index contributed by atoms with van der Waals surface area (Å²) in [5, 5.41) is 3.24. The van der Waals surface area contributed by atoms with Gasteiger partial charge < -0.3 is 10.1 Å². The number of amides is 1. The zero-order valence-electron chi connectivity index (χ0n) is 11.6. The minimum Gasteiger partial charge on any atom is -0.482 e. The third-order valence-corrected chi connectivity index (χ3v) is 3.50. The standard InChI is InChI=1S/C14H17Cl2NO3/c1-8(2)14(9(3)18)17-12(19)7-20-11-6-4-5-10(15)13(11)16/h4-6,8,14H,7H2,1-3H3,(H,17,19). The van der Waals surface area contributed by atoms with E-state index in [1.807, 2.05) is 13.8 Å². The van der Waals surface area contributed by atoms with Gasteiger partial charge in [0.25, 0.3) is 5.91 Å². The van der Waals surface area contributed by atoms with Gasteiger partial charge in [0.2, 0.25) is 0 Å². The summed E-state index contributed by atoms with van der Waals surface area (Å²) in [6, 6.07) is 4.41. The second-order valence-corrected chi connectivity index (χ2v) is 5.53. The van der Waals surface area contributed by atoms with Crippen molar-refractivity contribution in [3.63, 3.8) is 0 Å². The third kappa shape index (κ3) is 4.69. The summed E-state index contributed by atoms with van der Waals surface area (Å²) < 4.78 is 5.30. The van der Waals surface area contributed by atoms with Crippen LogP contribution in [0.1, 0.15) is 20.8 Å². The molecule has 0 spiro atoms. The van der Waals surface area contributed by atoms with Gasteiger partial charge in [0.05, 0.1) is 11.1 Å². The van der Waals surface area contributed by atoms with Crippen LogP contribution in [0.4, 0.5) is 0 Å². The molecule has 0 aliphatic carbocycles. The molecule has 0 radical (unpaired) electrons. The fraction of sp³-hybridized carbons (Fsp3) is 0.429. The fourth-order valence-corrected chi connectivity index (χ4v) is 2.04. The van der Waals surface area contributed by atoms with E-state index < -0.39 is 6.04 Å². The normalized spacial score (nSPS) is 12.1. The van der Waals surface area contributed by atoms with Crippen LogP contribution in [0.2, 0.25) is 10.0 Å². The number of ether oxygens (including phenoxy) is 1. The molecule has 1 aromatic carbocycles. The lowest BCUT2D eigenvalue weighted by Gasteiger charge is -2.19. The molecule has 1 rings (SSSR count). The molecule has 0 aliphatic rings. The van der Waals surface area contributed by atoms with Gasteiger partial charge in [0.1, 0.15) is 10.8 Å². The summed E-state index contributed by atoms with van der Waals surface area (Å²) in [5.41, 5.74) is 0. The van der Waals surface area contributed by atoms with Crippen molar-refractivity contribution in [1.82, 2.24) is 5.32 Å². The summed E-state index contributed by atoms with van der Waals surface area (Å²) in [5.74, 6) is -0.117. The largest absolute Gasteiger partial charge is 0.482 e. The first-order valence-corrected chi connectivity index (χ1v) is 6.95. The molecule has 1 atom stereocenters. The maximum absolute atomic E-state index is 11.8. The number of Topliss-reactive ketones (excluding diaryl/α,β-unsaturated/α-hetero) is 1. The molecule has 20 heavy (non-hydrogen) atoms. The topological polar surface area (TPSA) is 55.4 Å². The minimum absolute atomic E-state index is 0.0196. The van der Waals surface area contributed by atoms with E-state index in [1.165, 1.54) is 6.92 Å². The molecule has 0 saturated carbocycles. The molecule has 0 heterocycles. The molecule has 0 bridgehead atoms. The summed E-state index contributed by atoms with van der Waals surface area (Å²) in [7, 11) is 0. The summed E-state index contributed by atoms with van der Waals surface area (Å²) in [4.78, 5) is 23.2. The predicted molar refractivity (Wildman–Crippen MR) is 79.4 cm³/mol. The van der Waals surface area contributed by atoms with Crippen molar-refractivity contribution in [1.29, 1.82) is 0 Å². The van der Waals surface area contributed by atoms with E-state index in [-0.39, 0.29) is 29.2 Å². The van der Waals surface area contributed by atoms with Gasteiger partial charge in [-0.15, -0.1) is 0 Å². The Kier molecular flexibility index (Phi) is 6.30. The molecule has 0 fully saturated rings. The van der Waals surface area contributed by atoms with Crippen LogP contribution in [0.25, 0.3) is 0 Å². The van der Waals surface area contributed by atoms with Gasteiger partial charge in [-0.1, -0.05) is 43.1 Å². The summed E-state index contributed by atoms with van der Waals surface area (Å²) in [6.07, 6.45) is 0. The monoisotopic (exact) mass is 317 g/mol. The highest BCUT2D eigenvalue weighted by Gasteiger charge is 2.20. The van der Waals surface area contributed by atoms with Crippen LogP contribution in [0.5, 0.6) is 5.75 Å². The van der Waals surface area contributed by atoms with Crippen LogP contribution in [0.15, 0.2) is 18.2 Å². The van der Waals surface area contributed by atoms with E-state index in [0.717, 1.165) is 0 Å². The van der Waals surface area contributed by atoms with Crippen LogP contribution >= 0.6 is 23.2 Å². The van der Waals surface area contributed by atoms with Gasteiger partial charge in [-0.2, -0.15) is 0 Å². The van der Waals surface area contributed by atoms with Crippen LogP contribution in [0, 0.1) is 5.92 Å². The quantitative estimate of drug-likeness (QED) is 0.877. The van der Waals surface area contributed by atoms with Gasteiger partial charge >= 0.3 is 0 Å². The maximum atomic E-state index is 11.8. The number of benzene rings is 1. The lowest BCUT2D eigenvalue weighted by atomic mass is 10.0. The van der Waals surface area contributed by atoms with Crippen molar-refractivity contribution in [2.75, 3.05) is 6.61 Å². The number of nitrogens with one attached hydrogen (secondary N) is 1. The lowest BCUT2D eigenvalue weighted by Crippen LogP contribution is -2.45. The molecule has 6 heteroatoms. The molecule has 1 amide bonds. The Morgan fingerprint density at radius 2 is 1.95 bits per heavy atom. The molecule has 1 aromatic rings. The highest BCUT2D eigenvalue weighted by Crippen LogP contribution is 2.31. The first kappa shape index (κ1) is 16.8. The number of carbonyl (C=O) groups is 2. The van der Waals surface area contributed by atoms with Crippen molar-refractivity contribution in [3.05, 3.63) is 28.2 Å². The molecule has 4 nitrogen and oxygen atoms in total. The van der Waals surface area contributed by atoms with Crippen LogP contribution in [0.3, 0.4) is 0 Å². The Bertz CT molecular complexity index is 503. The molecule has 110 valence electrons. The average molecular weight is 318 g/mol. The number of hydrogen-bond acceptors (Lipinski definition) is 3. The van der Waals surface area contributed by atoms with Crippen molar-refractivity contribution in [3.8, 4) is 5.75 Å². The van der Waals surface area contributed by atoms with Crippen LogP contribution in [-0.4, -0.2) is 24.3 Å². The fourth-order valence-electron chi connectivity index (χ4n) is 1.69. The van der Waals surface area contributed by atoms with Crippen LogP contribution in [-0.2, 0) is 9.59 Å². The van der Waals surface area contributed by atoms with E-state index in [1.54, 1.807) is 18.2 Å². The summed E-state index contributed by atoms with van der Waals surface area (Å²) in [6.45, 7) is 4.94. The highest BCUT2D eigenvalue weighted by atomic mass is 35.5. The van der Waals surface area contributed by atoms with Gasteiger partial charge in [0, 0.05) is 0 Å². The molecule has 0 aliphatic heterocycles. The number of carbonyl (C=O) groups excluding carboxylic acids is 2. The third-order valence-electron chi connectivity index (χ3n) is 2.70. The van der Waals surface area contributed by atoms with E-state index in [0.29, 0.717) is 10.8 Å². The number of hydrogen-bond donors (Lipinski definition) is 1. The minimum atomic E-state index is -0.513. The van der Waals surface area contributed by atoms with Gasteiger partial charge in [-0.05, 0) is 25.0 Å². The van der Waals surface area contributed by atoms with E-state index in [9.17, 15) is 9.59 Å². The number of rotatable bonds is 6. The van der Waals surface area contributed by atoms with E-state index in [4.69, 9.17) is 27.9 Å². The SMILES string of the molecule is CC(=O)C(NC(=O)COc1cccc(Cl)c1Cl)C(C)C. The van der Waals surface area contributed by atoms with Crippen molar-refractivity contribution in [2.45, 2.75) is 26.8 Å². The Morgan fingerprint density at radius 3 is 2.50 bits per heavy atom. The molecule has 0 aromatic heterocycles. The maximum Gasteiger partial charge on any atom is 0.258 e. The van der Waals surface area contributed by atoms with Crippen molar-refractivity contribution >= 4 is 34.9 Å². The van der Waals surface area contributed by atoms with Crippen LogP contribution < -0.4 is 10.1 Å². The Morgan fingerprint density at radius 1 is 1.30 bits per heavy atom. The first-order chi connectivity index (χ1) is 9.32. The molecule has 0 saturated heterocycles. The zero-order chi connectivity index (χ0) is 15.3. The first-order valence-electron chi connectivity index (χ1n) is 6.19.